The maximum Gasteiger partial charge on any atom is 0.355 e. The third-order valence-corrected chi connectivity index (χ3v) is 6.28. The number of phenolic OH excluding ortho intramolecular Hbond substituents is 1. The van der Waals surface area contributed by atoms with Gasteiger partial charge in [-0.2, -0.15) is 5.10 Å². The fraction of sp³-hybridized carbons (Fsp3) is 0.0417. The lowest BCUT2D eigenvalue weighted by Crippen LogP contribution is -2.17. The predicted molar refractivity (Wildman–Crippen MR) is 128 cm³/mol. The third-order valence-electron chi connectivity index (χ3n) is 4.62. The van der Waals surface area contributed by atoms with E-state index in [-0.39, 0.29) is 11.5 Å². The van der Waals surface area contributed by atoms with Crippen LogP contribution in [-0.2, 0) is 0 Å². The topological polar surface area (TPSA) is 97.2 Å². The highest BCUT2D eigenvalue weighted by atomic mass is 35.5. The molecule has 0 unspecified atom stereocenters. The molecule has 0 saturated heterocycles. The van der Waals surface area contributed by atoms with Crippen LogP contribution >= 0.6 is 22.9 Å². The van der Waals surface area contributed by atoms with E-state index in [0.717, 1.165) is 10.1 Å². The van der Waals surface area contributed by atoms with Gasteiger partial charge >= 0.3 is 5.97 Å². The molecule has 1 amide bonds. The number of hydrazone groups is 1. The van der Waals surface area contributed by atoms with Gasteiger partial charge in [0.2, 0.25) is 0 Å². The number of methoxy groups -OCH3 is 1. The van der Waals surface area contributed by atoms with Crippen LogP contribution in [0.1, 0.15) is 25.6 Å². The predicted octanol–water partition coefficient (Wildman–Crippen LogP) is 5.25. The van der Waals surface area contributed by atoms with Crippen molar-refractivity contribution >= 4 is 51.1 Å². The van der Waals surface area contributed by atoms with Gasteiger partial charge in [0, 0.05) is 15.6 Å². The van der Waals surface area contributed by atoms with Crippen molar-refractivity contribution in [1.82, 2.24) is 5.43 Å². The number of hydrogen-bond acceptors (Lipinski definition) is 7. The summed E-state index contributed by atoms with van der Waals surface area (Å²) in [5.74, 6) is -0.403. The molecule has 4 rings (SSSR count). The molecule has 0 radical (unpaired) electrons. The van der Waals surface area contributed by atoms with E-state index in [2.05, 4.69) is 10.5 Å². The van der Waals surface area contributed by atoms with Crippen LogP contribution in [0.5, 0.6) is 17.2 Å². The Morgan fingerprint density at radius 2 is 1.82 bits per heavy atom. The molecule has 9 heteroatoms. The molecule has 166 valence electrons. The third kappa shape index (κ3) is 4.97. The molecule has 0 saturated carbocycles. The molecule has 7 nitrogen and oxygen atoms in total. The largest absolute Gasteiger partial charge is 0.508 e. The molecular weight excluding hydrogens is 464 g/mol. The Labute approximate surface area is 197 Å². The van der Waals surface area contributed by atoms with Crippen molar-refractivity contribution in [3.05, 3.63) is 87.8 Å². The van der Waals surface area contributed by atoms with E-state index in [4.69, 9.17) is 21.1 Å². The molecule has 2 N–H and O–H groups in total. The summed E-state index contributed by atoms with van der Waals surface area (Å²) in [6.07, 6.45) is 1.43. The van der Waals surface area contributed by atoms with Crippen LogP contribution in [0.3, 0.4) is 0 Å². The highest BCUT2D eigenvalue weighted by molar-refractivity contribution is 7.21. The number of thiophene rings is 1. The Hall–Kier alpha value is -3.88. The summed E-state index contributed by atoms with van der Waals surface area (Å²) in [5.41, 5.74) is 3.36. The highest BCUT2D eigenvalue weighted by Gasteiger charge is 2.20. The Morgan fingerprint density at radius 1 is 1.06 bits per heavy atom. The SMILES string of the molecule is COc1cc(C=NNC(=O)c2ccc(O)cc2)ccc1OC(=O)c1sc2ccccc2c1Cl. The first-order chi connectivity index (χ1) is 16.0. The minimum absolute atomic E-state index is 0.0672. The second kappa shape index (κ2) is 9.72. The Morgan fingerprint density at radius 3 is 2.55 bits per heavy atom. The van der Waals surface area contributed by atoms with Crippen LogP contribution in [0.4, 0.5) is 0 Å². The Kier molecular flexibility index (Phi) is 6.58. The number of hydrogen-bond donors (Lipinski definition) is 2. The van der Waals surface area contributed by atoms with Gasteiger partial charge in [-0.25, -0.2) is 10.2 Å². The maximum absolute atomic E-state index is 12.7. The number of rotatable bonds is 6. The Balaban J connectivity index is 1.46. The number of benzene rings is 3. The first-order valence-electron chi connectivity index (χ1n) is 9.66. The average molecular weight is 481 g/mol. The van der Waals surface area contributed by atoms with Crippen LogP contribution in [0, 0.1) is 0 Å². The summed E-state index contributed by atoms with van der Waals surface area (Å²) >= 11 is 7.62. The summed E-state index contributed by atoms with van der Waals surface area (Å²) in [6, 6.07) is 18.1. The first-order valence-corrected chi connectivity index (χ1v) is 10.9. The van der Waals surface area contributed by atoms with Gasteiger partial charge in [0.1, 0.15) is 10.6 Å². The minimum Gasteiger partial charge on any atom is -0.508 e. The van der Waals surface area contributed by atoms with E-state index in [0.29, 0.717) is 26.8 Å². The van der Waals surface area contributed by atoms with Crippen molar-refractivity contribution in [1.29, 1.82) is 0 Å². The zero-order valence-electron chi connectivity index (χ0n) is 17.2. The van der Waals surface area contributed by atoms with E-state index < -0.39 is 11.9 Å². The number of esters is 1. The maximum atomic E-state index is 12.7. The fourth-order valence-corrected chi connectivity index (χ4v) is 4.37. The van der Waals surface area contributed by atoms with Crippen LogP contribution in [0.15, 0.2) is 71.8 Å². The molecule has 33 heavy (non-hydrogen) atoms. The van der Waals surface area contributed by atoms with Crippen LogP contribution in [-0.4, -0.2) is 30.3 Å². The van der Waals surface area contributed by atoms with Crippen LogP contribution in [0.2, 0.25) is 5.02 Å². The average Bonchev–Trinajstić information content (AvgIpc) is 3.17. The Bertz CT molecular complexity index is 1370. The second-order valence-electron chi connectivity index (χ2n) is 6.79. The van der Waals surface area contributed by atoms with Gasteiger partial charge in [0.25, 0.3) is 5.91 Å². The highest BCUT2D eigenvalue weighted by Crippen LogP contribution is 2.37. The van der Waals surface area contributed by atoms with Gasteiger partial charge in [-0.3, -0.25) is 4.79 Å². The molecule has 4 aromatic rings. The first kappa shape index (κ1) is 22.3. The smallest absolute Gasteiger partial charge is 0.355 e. The fourth-order valence-electron chi connectivity index (χ4n) is 2.98. The molecular formula is C24H17ClN2O5S. The summed E-state index contributed by atoms with van der Waals surface area (Å²) in [5, 5.41) is 14.4. The molecule has 0 atom stereocenters. The molecule has 0 aliphatic heterocycles. The van der Waals surface area contributed by atoms with Crippen molar-refractivity contribution < 1.29 is 24.2 Å². The van der Waals surface area contributed by atoms with Crippen molar-refractivity contribution in [2.24, 2.45) is 5.10 Å². The van der Waals surface area contributed by atoms with Crippen molar-refractivity contribution in [3.63, 3.8) is 0 Å². The van der Waals surface area contributed by atoms with Gasteiger partial charge in [-0.1, -0.05) is 29.8 Å². The number of nitrogens with one attached hydrogen (secondary N) is 1. The second-order valence-corrected chi connectivity index (χ2v) is 8.22. The quantitative estimate of drug-likeness (QED) is 0.170. The number of fused-ring (bicyclic) bond motifs is 1. The zero-order valence-corrected chi connectivity index (χ0v) is 18.8. The molecule has 0 aliphatic rings. The summed E-state index contributed by atoms with van der Waals surface area (Å²) in [7, 11) is 1.45. The minimum atomic E-state index is -0.581. The van der Waals surface area contributed by atoms with Gasteiger partial charge in [-0.15, -0.1) is 11.3 Å². The number of halogens is 1. The van der Waals surface area contributed by atoms with E-state index in [1.54, 1.807) is 18.2 Å². The standard InChI is InChI=1S/C24H17ClN2O5S/c1-31-19-12-14(13-26-27-23(29)15-7-9-16(28)10-8-15)6-11-18(19)32-24(30)22-21(25)17-4-2-3-5-20(17)33-22/h2-13,28H,1H3,(H,27,29). The van der Waals surface area contributed by atoms with E-state index >= 15 is 0 Å². The van der Waals surface area contributed by atoms with E-state index in [9.17, 15) is 14.7 Å². The van der Waals surface area contributed by atoms with Crippen molar-refractivity contribution in [3.8, 4) is 17.2 Å². The molecule has 0 aliphatic carbocycles. The lowest BCUT2D eigenvalue weighted by atomic mass is 10.2. The summed E-state index contributed by atoms with van der Waals surface area (Å²) in [4.78, 5) is 25.1. The number of nitrogens with zero attached hydrogens (tertiary/aromatic N) is 1. The van der Waals surface area contributed by atoms with Gasteiger partial charge in [-0.05, 0) is 54.1 Å². The van der Waals surface area contributed by atoms with Crippen molar-refractivity contribution in [2.45, 2.75) is 0 Å². The lowest BCUT2D eigenvalue weighted by molar-refractivity contribution is 0.0734. The molecule has 1 heterocycles. The summed E-state index contributed by atoms with van der Waals surface area (Å²) in [6.45, 7) is 0. The van der Waals surface area contributed by atoms with Gasteiger partial charge in [0.05, 0.1) is 18.3 Å². The number of carbonyl (C=O) groups excluding carboxylic acids is 2. The normalized spacial score (nSPS) is 11.0. The zero-order chi connectivity index (χ0) is 23.4. The molecule has 0 spiro atoms. The van der Waals surface area contributed by atoms with Crippen molar-refractivity contribution in [2.75, 3.05) is 7.11 Å². The van der Waals surface area contributed by atoms with E-state index in [1.165, 1.54) is 48.9 Å². The molecule has 0 bridgehead atoms. The van der Waals surface area contributed by atoms with Crippen LogP contribution < -0.4 is 14.9 Å². The molecule has 1 aromatic heterocycles. The number of aromatic hydroxyl groups is 1. The summed E-state index contributed by atoms with van der Waals surface area (Å²) < 4.78 is 11.8. The molecule has 3 aromatic carbocycles. The lowest BCUT2D eigenvalue weighted by Gasteiger charge is -2.09. The van der Waals surface area contributed by atoms with Crippen LogP contribution in [0.25, 0.3) is 10.1 Å². The molecule has 0 fully saturated rings. The number of carbonyl (C=O) groups is 2. The number of ether oxygens (including phenoxy) is 2. The number of amides is 1. The van der Waals surface area contributed by atoms with Gasteiger partial charge < -0.3 is 14.6 Å². The van der Waals surface area contributed by atoms with Gasteiger partial charge in [0.15, 0.2) is 11.5 Å². The number of phenols is 1. The monoisotopic (exact) mass is 480 g/mol. The van der Waals surface area contributed by atoms with E-state index in [1.807, 2.05) is 24.3 Å².